The topological polar surface area (TPSA) is 109 Å². The highest BCUT2D eigenvalue weighted by Gasteiger charge is 2.31. The quantitative estimate of drug-likeness (QED) is 0.319. The number of carbonyl (C=O) groups is 2. The molecule has 3 aliphatic heterocycles. The Morgan fingerprint density at radius 2 is 1.79 bits per heavy atom. The van der Waals surface area contributed by atoms with Gasteiger partial charge in [-0.15, -0.1) is 0 Å². The molecule has 0 radical (unpaired) electrons. The van der Waals surface area contributed by atoms with E-state index in [4.69, 9.17) is 10.5 Å². The molecule has 3 aromatic rings. The number of rotatable bonds is 7. The van der Waals surface area contributed by atoms with E-state index < -0.39 is 11.8 Å². The SMILES string of the molecule is COc1cc(N2CCC(CN3CCN(c4ccc(C5CCC(=O)NC5=O)c(F)c4)CC3)CC2)c(-c2cnn(C)c2)cc1N. The van der Waals surface area contributed by atoms with Crippen LogP contribution in [0.25, 0.3) is 11.1 Å². The number of nitrogens with one attached hydrogen (secondary N) is 1. The molecular formula is C32H40FN7O3. The van der Waals surface area contributed by atoms with Crippen LogP contribution in [0.15, 0.2) is 42.7 Å². The van der Waals surface area contributed by atoms with Crippen LogP contribution in [-0.2, 0) is 16.6 Å². The molecule has 0 saturated carbocycles. The van der Waals surface area contributed by atoms with E-state index in [1.54, 1.807) is 17.9 Å². The molecule has 4 heterocycles. The van der Waals surface area contributed by atoms with Gasteiger partial charge in [-0.05, 0) is 43.4 Å². The predicted molar refractivity (Wildman–Crippen MR) is 165 cm³/mol. The molecule has 3 aliphatic rings. The molecule has 3 saturated heterocycles. The average molecular weight is 590 g/mol. The van der Waals surface area contributed by atoms with Gasteiger partial charge in [-0.3, -0.25) is 24.5 Å². The third kappa shape index (κ3) is 6.17. The van der Waals surface area contributed by atoms with E-state index in [1.807, 2.05) is 31.6 Å². The van der Waals surface area contributed by atoms with Crippen LogP contribution in [0.4, 0.5) is 21.5 Å². The Balaban J connectivity index is 1.03. The lowest BCUT2D eigenvalue weighted by Gasteiger charge is -2.40. The largest absolute Gasteiger partial charge is 0.495 e. The van der Waals surface area contributed by atoms with Gasteiger partial charge in [-0.25, -0.2) is 4.39 Å². The summed E-state index contributed by atoms with van der Waals surface area (Å²) in [5.41, 5.74) is 11.3. The molecule has 2 aromatic carbocycles. The number of piperazine rings is 1. The van der Waals surface area contributed by atoms with Crippen LogP contribution in [0, 0.1) is 11.7 Å². The number of hydrogen-bond acceptors (Lipinski definition) is 8. The van der Waals surface area contributed by atoms with E-state index in [2.05, 4.69) is 31.2 Å². The van der Waals surface area contributed by atoms with E-state index in [0.29, 0.717) is 29.3 Å². The zero-order valence-corrected chi connectivity index (χ0v) is 24.9. The van der Waals surface area contributed by atoms with Gasteiger partial charge in [-0.1, -0.05) is 6.07 Å². The molecule has 3 fully saturated rings. The molecule has 6 rings (SSSR count). The Morgan fingerprint density at radius 1 is 1.02 bits per heavy atom. The first-order valence-corrected chi connectivity index (χ1v) is 15.1. The predicted octanol–water partition coefficient (Wildman–Crippen LogP) is 3.38. The minimum Gasteiger partial charge on any atom is -0.495 e. The van der Waals surface area contributed by atoms with E-state index in [0.717, 1.165) is 81.2 Å². The minimum atomic E-state index is -0.612. The highest BCUT2D eigenvalue weighted by atomic mass is 19.1. The first-order valence-electron chi connectivity index (χ1n) is 15.1. The summed E-state index contributed by atoms with van der Waals surface area (Å²) in [7, 11) is 3.57. The number of nitrogens with two attached hydrogens (primary N) is 1. The van der Waals surface area contributed by atoms with Crippen LogP contribution in [-0.4, -0.2) is 79.4 Å². The van der Waals surface area contributed by atoms with E-state index in [1.165, 1.54) is 6.07 Å². The maximum absolute atomic E-state index is 15.1. The lowest BCUT2D eigenvalue weighted by molar-refractivity contribution is -0.134. The maximum atomic E-state index is 15.1. The minimum absolute atomic E-state index is 0.237. The number of piperidine rings is 2. The number of aromatic nitrogens is 2. The number of halogens is 1. The molecule has 228 valence electrons. The Morgan fingerprint density at radius 3 is 2.44 bits per heavy atom. The van der Waals surface area contributed by atoms with Crippen molar-refractivity contribution in [3.63, 3.8) is 0 Å². The summed E-state index contributed by atoms with van der Waals surface area (Å²) >= 11 is 0. The number of aryl methyl sites for hydroxylation is 1. The number of ether oxygens (including phenoxy) is 1. The van der Waals surface area contributed by atoms with Gasteiger partial charge in [0, 0.05) is 99.6 Å². The summed E-state index contributed by atoms with van der Waals surface area (Å²) in [5.74, 6) is -0.395. The molecule has 1 unspecified atom stereocenters. The average Bonchev–Trinajstić information content (AvgIpc) is 3.44. The van der Waals surface area contributed by atoms with Crippen molar-refractivity contribution in [3.8, 4) is 16.9 Å². The van der Waals surface area contributed by atoms with Crippen LogP contribution in [0.3, 0.4) is 0 Å². The van der Waals surface area contributed by atoms with E-state index >= 15 is 4.39 Å². The number of imide groups is 1. The first-order chi connectivity index (χ1) is 20.8. The third-order valence-corrected chi connectivity index (χ3v) is 9.17. The number of benzene rings is 2. The van der Waals surface area contributed by atoms with Gasteiger partial charge in [0.2, 0.25) is 11.8 Å². The summed E-state index contributed by atoms with van der Waals surface area (Å²) < 4.78 is 22.4. The lowest BCUT2D eigenvalue weighted by atomic mass is 9.90. The maximum Gasteiger partial charge on any atom is 0.234 e. The number of amides is 2. The molecule has 0 bridgehead atoms. The molecule has 0 aliphatic carbocycles. The summed E-state index contributed by atoms with van der Waals surface area (Å²) in [6, 6.07) is 9.19. The Labute approximate surface area is 251 Å². The monoisotopic (exact) mass is 589 g/mol. The standard InChI is InChI=1S/C32H40FN7O3/c1-37-20-22(18-35-37)26-16-28(34)30(43-2)17-29(26)40-9-7-21(8-10-40)19-38-11-13-39(14-12-38)23-3-4-24(27(33)15-23)25-5-6-31(41)36-32(25)42/h3-4,15-18,20-21,25H,5-14,19,34H2,1-2H3,(H,36,41,42). The van der Waals surface area contributed by atoms with Crippen LogP contribution >= 0.6 is 0 Å². The van der Waals surface area contributed by atoms with Crippen LogP contribution in [0.5, 0.6) is 5.75 Å². The van der Waals surface area contributed by atoms with Crippen molar-refractivity contribution in [2.45, 2.75) is 31.6 Å². The highest BCUT2D eigenvalue weighted by Crippen LogP contribution is 2.39. The van der Waals surface area contributed by atoms with Crippen LogP contribution in [0.2, 0.25) is 0 Å². The Kier molecular flexibility index (Phi) is 8.25. The Bertz CT molecular complexity index is 1490. The summed E-state index contributed by atoms with van der Waals surface area (Å²) in [6.45, 7) is 6.50. The van der Waals surface area contributed by atoms with Crippen molar-refractivity contribution < 1.29 is 18.7 Å². The van der Waals surface area contributed by atoms with E-state index in [9.17, 15) is 9.59 Å². The smallest absolute Gasteiger partial charge is 0.234 e. The number of nitrogens with zero attached hydrogens (tertiary/aromatic N) is 5. The fourth-order valence-electron chi connectivity index (χ4n) is 6.71. The first kappa shape index (κ1) is 29.0. The second-order valence-electron chi connectivity index (χ2n) is 11.9. The number of anilines is 3. The molecule has 3 N–H and O–H groups in total. The van der Waals surface area contributed by atoms with Crippen molar-refractivity contribution in [1.82, 2.24) is 20.0 Å². The summed E-state index contributed by atoms with van der Waals surface area (Å²) in [5, 5.41) is 6.68. The highest BCUT2D eigenvalue weighted by molar-refractivity contribution is 6.01. The second-order valence-corrected chi connectivity index (χ2v) is 11.9. The number of carbonyl (C=O) groups excluding carboxylic acids is 2. The molecule has 43 heavy (non-hydrogen) atoms. The van der Waals surface area contributed by atoms with Crippen LogP contribution in [0.1, 0.15) is 37.2 Å². The number of nitrogen functional groups attached to an aromatic ring is 1. The van der Waals surface area contributed by atoms with Crippen molar-refractivity contribution in [2.75, 3.05) is 68.5 Å². The number of hydrogen-bond donors (Lipinski definition) is 2. The van der Waals surface area contributed by atoms with Crippen molar-refractivity contribution in [3.05, 3.63) is 54.1 Å². The van der Waals surface area contributed by atoms with Gasteiger partial charge in [0.1, 0.15) is 11.6 Å². The normalized spacial score (nSPS) is 20.4. The molecular weight excluding hydrogens is 549 g/mol. The van der Waals surface area contributed by atoms with Gasteiger partial charge in [-0.2, -0.15) is 5.10 Å². The van der Waals surface area contributed by atoms with Crippen molar-refractivity contribution >= 4 is 28.9 Å². The third-order valence-electron chi connectivity index (χ3n) is 9.17. The molecule has 0 spiro atoms. The van der Waals surface area contributed by atoms with Crippen molar-refractivity contribution in [2.24, 2.45) is 13.0 Å². The Hall–Kier alpha value is -4.12. The van der Waals surface area contributed by atoms with Gasteiger partial charge in [0.25, 0.3) is 0 Å². The summed E-state index contributed by atoms with van der Waals surface area (Å²) in [6.07, 6.45) is 6.68. The molecule has 11 heteroatoms. The van der Waals surface area contributed by atoms with Gasteiger partial charge < -0.3 is 20.3 Å². The van der Waals surface area contributed by atoms with Gasteiger partial charge in [0.05, 0.1) is 24.9 Å². The second kappa shape index (κ2) is 12.2. The summed E-state index contributed by atoms with van der Waals surface area (Å²) in [4.78, 5) is 30.9. The zero-order valence-electron chi connectivity index (χ0n) is 24.9. The molecule has 1 atom stereocenters. The van der Waals surface area contributed by atoms with E-state index in [-0.39, 0.29) is 18.1 Å². The van der Waals surface area contributed by atoms with Gasteiger partial charge in [0.15, 0.2) is 0 Å². The lowest BCUT2D eigenvalue weighted by Crippen LogP contribution is -2.49. The number of methoxy groups -OCH3 is 1. The molecule has 1 aromatic heterocycles. The van der Waals surface area contributed by atoms with Crippen LogP contribution < -0.4 is 25.6 Å². The fourth-order valence-corrected chi connectivity index (χ4v) is 6.71. The fraction of sp³-hybridized carbons (Fsp3) is 0.469. The van der Waals surface area contributed by atoms with Crippen molar-refractivity contribution in [1.29, 1.82) is 0 Å². The molecule has 2 amide bonds. The van der Waals surface area contributed by atoms with Gasteiger partial charge >= 0.3 is 0 Å². The molecule has 10 nitrogen and oxygen atoms in total. The zero-order chi connectivity index (χ0) is 30.1.